The first-order valence-electron chi connectivity index (χ1n) is 6.28. The van der Waals surface area contributed by atoms with Gasteiger partial charge in [-0.25, -0.2) is 0 Å². The van der Waals surface area contributed by atoms with Gasteiger partial charge in [0.2, 0.25) is 0 Å². The van der Waals surface area contributed by atoms with E-state index >= 15 is 0 Å². The summed E-state index contributed by atoms with van der Waals surface area (Å²) < 4.78 is 5.63. The number of aryl methyl sites for hydroxylation is 2. The molecule has 1 aromatic heterocycles. The van der Waals surface area contributed by atoms with Crippen molar-refractivity contribution in [2.24, 2.45) is 0 Å². The zero-order chi connectivity index (χ0) is 12.9. The molecular formula is C15H16O3. The maximum Gasteiger partial charge on any atom is 0.314 e. The smallest absolute Gasteiger partial charge is 0.314 e. The van der Waals surface area contributed by atoms with Gasteiger partial charge in [0.15, 0.2) is 0 Å². The van der Waals surface area contributed by atoms with Crippen LogP contribution in [0.4, 0.5) is 0 Å². The van der Waals surface area contributed by atoms with Crippen LogP contribution in [0.15, 0.2) is 22.6 Å². The van der Waals surface area contributed by atoms with Gasteiger partial charge in [-0.15, -0.1) is 0 Å². The predicted octanol–water partition coefficient (Wildman–Crippen LogP) is 3.56. The number of hydrogen-bond acceptors (Lipinski definition) is 2. The number of carbonyl (C=O) groups is 1. The molecule has 1 N–H and O–H groups in total. The minimum atomic E-state index is -0.703. The number of furan rings is 1. The number of benzene rings is 1. The number of aliphatic carboxylic acids is 1. The first-order valence-corrected chi connectivity index (χ1v) is 6.28. The van der Waals surface area contributed by atoms with E-state index in [-0.39, 0.29) is 0 Å². The fraction of sp³-hybridized carbons (Fsp3) is 0.400. The third-order valence-electron chi connectivity index (χ3n) is 4.34. The molecule has 0 radical (unpaired) electrons. The first kappa shape index (κ1) is 11.3. The molecule has 1 aromatic carbocycles. The van der Waals surface area contributed by atoms with Gasteiger partial charge < -0.3 is 9.52 Å². The second-order valence-corrected chi connectivity index (χ2v) is 5.23. The Morgan fingerprint density at radius 3 is 2.61 bits per heavy atom. The Bertz CT molecular complexity index is 632. The van der Waals surface area contributed by atoms with Crippen molar-refractivity contribution in [1.29, 1.82) is 0 Å². The van der Waals surface area contributed by atoms with Gasteiger partial charge >= 0.3 is 5.97 Å². The van der Waals surface area contributed by atoms with Crippen molar-refractivity contribution < 1.29 is 14.3 Å². The molecule has 1 aliphatic rings. The lowest BCUT2D eigenvalue weighted by Crippen LogP contribution is -2.42. The Kier molecular flexibility index (Phi) is 2.27. The average molecular weight is 244 g/mol. The van der Waals surface area contributed by atoms with E-state index < -0.39 is 11.4 Å². The van der Waals surface area contributed by atoms with E-state index in [2.05, 4.69) is 0 Å². The summed E-state index contributed by atoms with van der Waals surface area (Å²) in [5, 5.41) is 10.5. The van der Waals surface area contributed by atoms with Gasteiger partial charge in [-0.1, -0.05) is 12.5 Å². The highest BCUT2D eigenvalue weighted by atomic mass is 16.4. The van der Waals surface area contributed by atoms with Crippen molar-refractivity contribution in [2.75, 3.05) is 0 Å². The molecule has 0 atom stereocenters. The molecule has 0 bridgehead atoms. The van der Waals surface area contributed by atoms with Crippen LogP contribution in [0, 0.1) is 13.8 Å². The van der Waals surface area contributed by atoms with Crippen LogP contribution < -0.4 is 0 Å². The molecule has 0 spiro atoms. The minimum absolute atomic E-state index is 0.661. The molecule has 18 heavy (non-hydrogen) atoms. The van der Waals surface area contributed by atoms with Crippen molar-refractivity contribution in [3.63, 3.8) is 0 Å². The van der Waals surface area contributed by atoms with Crippen LogP contribution in [0.5, 0.6) is 0 Å². The SMILES string of the molecule is Cc1oc2ccc(C3(C(=O)O)CCC3)cc2c1C. The van der Waals surface area contributed by atoms with Gasteiger partial charge in [0.1, 0.15) is 11.3 Å². The Balaban J connectivity index is 2.18. The molecule has 0 unspecified atom stereocenters. The Morgan fingerprint density at radius 1 is 1.33 bits per heavy atom. The second kappa shape index (κ2) is 3.61. The van der Waals surface area contributed by atoms with E-state index in [0.717, 1.165) is 47.1 Å². The van der Waals surface area contributed by atoms with E-state index in [4.69, 9.17) is 4.42 Å². The summed E-state index contributed by atoms with van der Waals surface area (Å²) in [6.07, 6.45) is 2.47. The lowest BCUT2D eigenvalue weighted by molar-refractivity contribution is -0.147. The van der Waals surface area contributed by atoms with Gasteiger partial charge in [0.05, 0.1) is 5.41 Å². The van der Waals surface area contributed by atoms with Gasteiger partial charge in [-0.05, 0) is 49.9 Å². The van der Waals surface area contributed by atoms with E-state index in [9.17, 15) is 9.90 Å². The van der Waals surface area contributed by atoms with Gasteiger partial charge in [0.25, 0.3) is 0 Å². The molecule has 2 aromatic rings. The molecule has 3 heteroatoms. The highest BCUT2D eigenvalue weighted by Crippen LogP contribution is 2.45. The van der Waals surface area contributed by atoms with Gasteiger partial charge in [0, 0.05) is 5.39 Å². The summed E-state index contributed by atoms with van der Waals surface area (Å²) >= 11 is 0. The van der Waals surface area contributed by atoms with Gasteiger partial charge in [-0.3, -0.25) is 4.79 Å². The number of hydrogen-bond donors (Lipinski definition) is 1. The maximum atomic E-state index is 11.5. The normalized spacial score (nSPS) is 17.7. The zero-order valence-corrected chi connectivity index (χ0v) is 10.6. The minimum Gasteiger partial charge on any atom is -0.481 e. The average Bonchev–Trinajstić information content (AvgIpc) is 2.53. The van der Waals surface area contributed by atoms with Crippen LogP contribution >= 0.6 is 0 Å². The van der Waals surface area contributed by atoms with Crippen molar-refractivity contribution >= 4 is 16.9 Å². The van der Waals surface area contributed by atoms with E-state index in [1.54, 1.807) is 0 Å². The molecule has 1 saturated carbocycles. The van der Waals surface area contributed by atoms with Crippen LogP contribution in [-0.4, -0.2) is 11.1 Å². The van der Waals surface area contributed by atoms with Crippen LogP contribution in [0.2, 0.25) is 0 Å². The fourth-order valence-electron chi connectivity index (χ4n) is 2.80. The maximum absolute atomic E-state index is 11.5. The highest BCUT2D eigenvalue weighted by molar-refractivity contribution is 5.87. The predicted molar refractivity (Wildman–Crippen MR) is 68.9 cm³/mol. The summed E-state index contributed by atoms with van der Waals surface area (Å²) in [5.41, 5.74) is 2.20. The Morgan fingerprint density at radius 2 is 2.06 bits per heavy atom. The van der Waals surface area contributed by atoms with Crippen LogP contribution in [-0.2, 0) is 10.2 Å². The lowest BCUT2D eigenvalue weighted by Gasteiger charge is -2.38. The summed E-state index contributed by atoms with van der Waals surface area (Å²) in [6, 6.07) is 5.79. The van der Waals surface area contributed by atoms with Crippen molar-refractivity contribution in [1.82, 2.24) is 0 Å². The van der Waals surface area contributed by atoms with Crippen molar-refractivity contribution in [3.8, 4) is 0 Å². The number of rotatable bonds is 2. The van der Waals surface area contributed by atoms with Gasteiger partial charge in [-0.2, -0.15) is 0 Å². The molecule has 0 aliphatic heterocycles. The van der Waals surface area contributed by atoms with Crippen LogP contribution in [0.25, 0.3) is 11.0 Å². The number of carboxylic acids is 1. The molecule has 3 nitrogen and oxygen atoms in total. The molecular weight excluding hydrogens is 228 g/mol. The van der Waals surface area contributed by atoms with E-state index in [1.807, 2.05) is 32.0 Å². The summed E-state index contributed by atoms with van der Waals surface area (Å²) in [4.78, 5) is 11.5. The first-order chi connectivity index (χ1) is 8.54. The molecule has 1 heterocycles. The monoisotopic (exact) mass is 244 g/mol. The van der Waals surface area contributed by atoms with Crippen molar-refractivity contribution in [2.45, 2.75) is 38.5 Å². The topological polar surface area (TPSA) is 50.4 Å². The largest absolute Gasteiger partial charge is 0.481 e. The molecule has 94 valence electrons. The quantitative estimate of drug-likeness (QED) is 0.878. The number of carboxylic acid groups (broad SMARTS) is 1. The van der Waals surface area contributed by atoms with Crippen LogP contribution in [0.1, 0.15) is 36.1 Å². The Labute approximate surface area is 105 Å². The lowest BCUT2D eigenvalue weighted by atomic mass is 9.64. The zero-order valence-electron chi connectivity index (χ0n) is 10.6. The molecule has 1 fully saturated rings. The molecule has 0 amide bonds. The summed E-state index contributed by atoms with van der Waals surface area (Å²) in [5.74, 6) is 0.200. The number of fused-ring (bicyclic) bond motifs is 1. The summed E-state index contributed by atoms with van der Waals surface area (Å²) in [6.45, 7) is 3.95. The third-order valence-corrected chi connectivity index (χ3v) is 4.34. The molecule has 1 aliphatic carbocycles. The summed E-state index contributed by atoms with van der Waals surface area (Å²) in [7, 11) is 0. The fourth-order valence-corrected chi connectivity index (χ4v) is 2.80. The third kappa shape index (κ3) is 1.33. The molecule has 3 rings (SSSR count). The van der Waals surface area contributed by atoms with E-state index in [1.165, 1.54) is 0 Å². The van der Waals surface area contributed by atoms with Crippen LogP contribution in [0.3, 0.4) is 0 Å². The second-order valence-electron chi connectivity index (χ2n) is 5.23. The highest BCUT2D eigenvalue weighted by Gasteiger charge is 2.46. The van der Waals surface area contributed by atoms with Crippen molar-refractivity contribution in [3.05, 3.63) is 35.1 Å². The standard InChI is InChI=1S/C15H16O3/c1-9-10(2)18-13-5-4-11(8-12(9)13)15(14(16)17)6-3-7-15/h4-5,8H,3,6-7H2,1-2H3,(H,16,17). The molecule has 0 saturated heterocycles. The Hall–Kier alpha value is -1.77. The van der Waals surface area contributed by atoms with E-state index in [0.29, 0.717) is 0 Å².